The van der Waals surface area contributed by atoms with Crippen LogP contribution in [0.4, 0.5) is 0 Å². The molecule has 0 spiro atoms. The number of hydrogen-bond acceptors (Lipinski definition) is 3. The van der Waals surface area contributed by atoms with E-state index < -0.39 is 0 Å². The quantitative estimate of drug-likeness (QED) is 0.833. The molecule has 26 heavy (non-hydrogen) atoms. The molecule has 0 unspecified atom stereocenters. The summed E-state index contributed by atoms with van der Waals surface area (Å²) >= 11 is 1.85. The number of rotatable bonds is 4. The fraction of sp³-hybridized carbons (Fsp3) is 0.409. The Morgan fingerprint density at radius 1 is 1.12 bits per heavy atom. The van der Waals surface area contributed by atoms with Gasteiger partial charge in [0, 0.05) is 42.4 Å². The summed E-state index contributed by atoms with van der Waals surface area (Å²) in [5.74, 6) is 2.36. The molecule has 2 atom stereocenters. The van der Waals surface area contributed by atoms with Gasteiger partial charge in [-0.15, -0.1) is 11.8 Å². The fourth-order valence-corrected chi connectivity index (χ4v) is 5.09. The Labute approximate surface area is 160 Å². The highest BCUT2D eigenvalue weighted by molar-refractivity contribution is 7.98. The summed E-state index contributed by atoms with van der Waals surface area (Å²) in [4.78, 5) is 16.3. The van der Waals surface area contributed by atoms with Crippen molar-refractivity contribution in [2.45, 2.75) is 24.5 Å². The van der Waals surface area contributed by atoms with Gasteiger partial charge >= 0.3 is 0 Å². The molecule has 0 saturated carbocycles. The molecular formula is C22H26N2OS. The van der Waals surface area contributed by atoms with Crippen LogP contribution in [0.1, 0.15) is 27.0 Å². The predicted molar refractivity (Wildman–Crippen MR) is 108 cm³/mol. The van der Waals surface area contributed by atoms with Gasteiger partial charge in [0.1, 0.15) is 0 Å². The van der Waals surface area contributed by atoms with Crippen LogP contribution < -0.4 is 5.32 Å². The molecule has 136 valence electrons. The zero-order valence-electron chi connectivity index (χ0n) is 15.5. The largest absolute Gasteiger partial charge is 0.338 e. The standard InChI is InChI=1S/C22H26N2OS/c1-15-6-7-16(2)21(8-15)26-14-17-4-3-5-18(9-17)22(25)24-12-19-10-23-11-20(19)13-24/h3-9,19-20,23H,10-14H2,1-2H3/t19-,20+. The third kappa shape index (κ3) is 3.67. The van der Waals surface area contributed by atoms with Gasteiger partial charge in [0.2, 0.25) is 0 Å². The minimum atomic E-state index is 0.193. The first-order valence-electron chi connectivity index (χ1n) is 9.39. The molecule has 2 aromatic rings. The average Bonchev–Trinajstić information content (AvgIpc) is 3.24. The molecular weight excluding hydrogens is 340 g/mol. The molecule has 2 heterocycles. The van der Waals surface area contributed by atoms with E-state index in [4.69, 9.17) is 0 Å². The second-order valence-electron chi connectivity index (χ2n) is 7.65. The highest BCUT2D eigenvalue weighted by Crippen LogP contribution is 2.29. The van der Waals surface area contributed by atoms with E-state index in [-0.39, 0.29) is 5.91 Å². The summed E-state index contributed by atoms with van der Waals surface area (Å²) in [6, 6.07) is 14.7. The predicted octanol–water partition coefficient (Wildman–Crippen LogP) is 3.89. The summed E-state index contributed by atoms with van der Waals surface area (Å²) in [6.07, 6.45) is 0. The normalized spacial score (nSPS) is 21.8. The van der Waals surface area contributed by atoms with E-state index in [1.165, 1.54) is 21.6 Å². The highest BCUT2D eigenvalue weighted by atomic mass is 32.2. The van der Waals surface area contributed by atoms with Crippen molar-refractivity contribution in [2.24, 2.45) is 11.8 Å². The van der Waals surface area contributed by atoms with E-state index in [1.54, 1.807) is 0 Å². The summed E-state index contributed by atoms with van der Waals surface area (Å²) < 4.78 is 0. The lowest BCUT2D eigenvalue weighted by atomic mass is 10.0. The van der Waals surface area contributed by atoms with Crippen molar-refractivity contribution in [3.63, 3.8) is 0 Å². The number of benzene rings is 2. The molecule has 0 aliphatic carbocycles. The average molecular weight is 367 g/mol. The van der Waals surface area contributed by atoms with E-state index in [9.17, 15) is 4.79 Å². The Morgan fingerprint density at radius 2 is 1.88 bits per heavy atom. The Bertz CT molecular complexity index is 808. The van der Waals surface area contributed by atoms with E-state index in [1.807, 2.05) is 28.8 Å². The minimum absolute atomic E-state index is 0.193. The summed E-state index contributed by atoms with van der Waals surface area (Å²) in [5.41, 5.74) is 4.64. The van der Waals surface area contributed by atoms with Gasteiger partial charge in [-0.1, -0.05) is 29.8 Å². The molecule has 0 aromatic heterocycles. The number of nitrogens with zero attached hydrogens (tertiary/aromatic N) is 1. The molecule has 2 saturated heterocycles. The zero-order chi connectivity index (χ0) is 18.1. The maximum absolute atomic E-state index is 12.9. The summed E-state index contributed by atoms with van der Waals surface area (Å²) in [5, 5.41) is 3.43. The van der Waals surface area contributed by atoms with Crippen molar-refractivity contribution in [3.8, 4) is 0 Å². The van der Waals surface area contributed by atoms with Gasteiger partial charge in [0.15, 0.2) is 0 Å². The van der Waals surface area contributed by atoms with Crippen LogP contribution in [0.2, 0.25) is 0 Å². The van der Waals surface area contributed by atoms with Crippen LogP contribution in [0.15, 0.2) is 47.4 Å². The number of fused-ring (bicyclic) bond motifs is 1. The minimum Gasteiger partial charge on any atom is -0.338 e. The van der Waals surface area contributed by atoms with Gasteiger partial charge < -0.3 is 10.2 Å². The number of aryl methyl sites for hydroxylation is 2. The maximum atomic E-state index is 12.9. The number of carbonyl (C=O) groups excluding carboxylic acids is 1. The molecule has 0 bridgehead atoms. The lowest BCUT2D eigenvalue weighted by Gasteiger charge is -2.18. The smallest absolute Gasteiger partial charge is 0.253 e. The fourth-order valence-electron chi connectivity index (χ4n) is 4.02. The van der Waals surface area contributed by atoms with Gasteiger partial charge in [-0.25, -0.2) is 0 Å². The molecule has 2 aromatic carbocycles. The number of amides is 1. The van der Waals surface area contributed by atoms with Crippen molar-refractivity contribution >= 4 is 17.7 Å². The van der Waals surface area contributed by atoms with Gasteiger partial charge in [-0.2, -0.15) is 0 Å². The van der Waals surface area contributed by atoms with Crippen LogP contribution >= 0.6 is 11.8 Å². The molecule has 1 N–H and O–H groups in total. The number of thioether (sulfide) groups is 1. The van der Waals surface area contributed by atoms with Crippen molar-refractivity contribution in [3.05, 3.63) is 64.7 Å². The molecule has 2 aliphatic rings. The molecule has 0 radical (unpaired) electrons. The van der Waals surface area contributed by atoms with Gasteiger partial charge in [-0.3, -0.25) is 4.79 Å². The third-order valence-corrected chi connectivity index (χ3v) is 6.82. The van der Waals surface area contributed by atoms with Gasteiger partial charge in [-0.05, 0) is 55.0 Å². The Hall–Kier alpha value is -1.78. The van der Waals surface area contributed by atoms with Crippen LogP contribution in [0, 0.1) is 25.7 Å². The molecule has 2 fully saturated rings. The van der Waals surface area contributed by atoms with Crippen LogP contribution in [0.25, 0.3) is 0 Å². The molecule has 4 rings (SSSR count). The highest BCUT2D eigenvalue weighted by Gasteiger charge is 2.38. The molecule has 1 amide bonds. The lowest BCUT2D eigenvalue weighted by Crippen LogP contribution is -2.31. The van der Waals surface area contributed by atoms with Crippen LogP contribution in [-0.4, -0.2) is 37.0 Å². The molecule has 4 heteroatoms. The summed E-state index contributed by atoms with van der Waals surface area (Å²) in [6.45, 7) is 8.20. The second-order valence-corrected chi connectivity index (χ2v) is 8.66. The van der Waals surface area contributed by atoms with E-state index in [0.717, 1.165) is 37.5 Å². The lowest BCUT2D eigenvalue weighted by molar-refractivity contribution is 0.0781. The molecule has 3 nitrogen and oxygen atoms in total. The van der Waals surface area contributed by atoms with Gasteiger partial charge in [0.05, 0.1) is 0 Å². The van der Waals surface area contributed by atoms with E-state index >= 15 is 0 Å². The SMILES string of the molecule is Cc1ccc(C)c(SCc2cccc(C(=O)N3C[C@H]4CNC[C@H]4C3)c2)c1. The number of hydrogen-bond donors (Lipinski definition) is 1. The van der Waals surface area contributed by atoms with Crippen LogP contribution in [-0.2, 0) is 5.75 Å². The van der Waals surface area contributed by atoms with Crippen molar-refractivity contribution < 1.29 is 4.79 Å². The van der Waals surface area contributed by atoms with E-state index in [0.29, 0.717) is 11.8 Å². The van der Waals surface area contributed by atoms with Gasteiger partial charge in [0.25, 0.3) is 5.91 Å². The third-order valence-electron chi connectivity index (χ3n) is 5.59. The topological polar surface area (TPSA) is 32.3 Å². The zero-order valence-corrected chi connectivity index (χ0v) is 16.3. The Morgan fingerprint density at radius 3 is 2.65 bits per heavy atom. The first-order valence-corrected chi connectivity index (χ1v) is 10.4. The Balaban J connectivity index is 1.43. The number of carbonyl (C=O) groups is 1. The maximum Gasteiger partial charge on any atom is 0.253 e. The monoisotopic (exact) mass is 366 g/mol. The van der Waals surface area contributed by atoms with Crippen molar-refractivity contribution in [2.75, 3.05) is 26.2 Å². The Kier molecular flexibility index (Phi) is 5.05. The van der Waals surface area contributed by atoms with E-state index in [2.05, 4.69) is 49.5 Å². The number of nitrogens with one attached hydrogen (secondary N) is 1. The first kappa shape index (κ1) is 17.6. The molecule has 2 aliphatic heterocycles. The van der Waals surface area contributed by atoms with Crippen molar-refractivity contribution in [1.29, 1.82) is 0 Å². The first-order chi connectivity index (χ1) is 12.6. The number of likely N-dealkylation sites (tertiary alicyclic amines) is 1. The summed E-state index contributed by atoms with van der Waals surface area (Å²) in [7, 11) is 0. The second kappa shape index (κ2) is 7.45. The van der Waals surface area contributed by atoms with Crippen molar-refractivity contribution in [1.82, 2.24) is 10.2 Å². The van der Waals surface area contributed by atoms with Crippen LogP contribution in [0.5, 0.6) is 0 Å². The van der Waals surface area contributed by atoms with Crippen LogP contribution in [0.3, 0.4) is 0 Å².